The summed E-state index contributed by atoms with van der Waals surface area (Å²) in [5.41, 5.74) is 5.54. The third kappa shape index (κ3) is 2.04. The number of fused-ring (bicyclic) bond motifs is 1. The normalized spacial score (nSPS) is 30.7. The summed E-state index contributed by atoms with van der Waals surface area (Å²) in [5, 5.41) is 0. The van der Waals surface area contributed by atoms with E-state index in [-0.39, 0.29) is 0 Å². The Hall–Kier alpha value is -0.520. The maximum atomic E-state index is 2.55. The molecule has 0 saturated carbocycles. The Balaban J connectivity index is 2.43. The van der Waals surface area contributed by atoms with Gasteiger partial charge in [0.2, 0.25) is 0 Å². The SMILES string of the molecule is CC1=C[C@@H]2C(=C(C)CCCC2(C)C)CC1. The van der Waals surface area contributed by atoms with Crippen molar-refractivity contribution in [2.24, 2.45) is 11.3 Å². The highest BCUT2D eigenvalue weighted by atomic mass is 14.4. The van der Waals surface area contributed by atoms with E-state index < -0.39 is 0 Å². The Morgan fingerprint density at radius 2 is 1.87 bits per heavy atom. The van der Waals surface area contributed by atoms with E-state index >= 15 is 0 Å². The Kier molecular flexibility index (Phi) is 2.79. The fourth-order valence-corrected chi connectivity index (χ4v) is 3.26. The molecule has 0 unspecified atom stereocenters. The average molecular weight is 204 g/mol. The minimum absolute atomic E-state index is 0.481. The number of hydrogen-bond donors (Lipinski definition) is 0. The molecule has 0 fully saturated rings. The predicted molar refractivity (Wildman–Crippen MR) is 66.8 cm³/mol. The lowest BCUT2D eigenvalue weighted by Gasteiger charge is -2.36. The van der Waals surface area contributed by atoms with Crippen molar-refractivity contribution < 1.29 is 0 Å². The molecule has 15 heavy (non-hydrogen) atoms. The largest absolute Gasteiger partial charge is 0.0779 e. The van der Waals surface area contributed by atoms with E-state index in [1.165, 1.54) is 32.1 Å². The molecule has 1 atom stereocenters. The van der Waals surface area contributed by atoms with Crippen molar-refractivity contribution >= 4 is 0 Å². The second-order valence-corrected chi connectivity index (χ2v) is 6.14. The van der Waals surface area contributed by atoms with Gasteiger partial charge in [0.15, 0.2) is 0 Å². The minimum atomic E-state index is 0.481. The monoisotopic (exact) mass is 204 g/mol. The number of allylic oxidation sites excluding steroid dienone is 4. The maximum Gasteiger partial charge on any atom is 0.00332 e. The Morgan fingerprint density at radius 1 is 1.13 bits per heavy atom. The minimum Gasteiger partial charge on any atom is -0.0779 e. The molecule has 0 bridgehead atoms. The van der Waals surface area contributed by atoms with Crippen molar-refractivity contribution in [1.82, 2.24) is 0 Å². The standard InChI is InChI=1S/C15H24/c1-11-7-8-13-12(2)6-5-9-15(3,4)14(13)10-11/h10,14H,5-9H2,1-4H3/t14-/m1/s1. The van der Waals surface area contributed by atoms with Crippen molar-refractivity contribution in [3.05, 3.63) is 22.8 Å². The molecular weight excluding hydrogens is 180 g/mol. The second kappa shape index (κ2) is 3.81. The van der Waals surface area contributed by atoms with Crippen molar-refractivity contribution in [3.63, 3.8) is 0 Å². The van der Waals surface area contributed by atoms with Crippen LogP contribution in [0, 0.1) is 11.3 Å². The maximum absolute atomic E-state index is 2.55. The first-order valence-electron chi connectivity index (χ1n) is 6.36. The van der Waals surface area contributed by atoms with Gasteiger partial charge in [-0.05, 0) is 51.4 Å². The van der Waals surface area contributed by atoms with Crippen molar-refractivity contribution in [3.8, 4) is 0 Å². The summed E-state index contributed by atoms with van der Waals surface area (Å²) in [6.45, 7) is 9.56. The first-order chi connectivity index (χ1) is 7.00. The van der Waals surface area contributed by atoms with Crippen LogP contribution >= 0.6 is 0 Å². The van der Waals surface area contributed by atoms with Gasteiger partial charge < -0.3 is 0 Å². The zero-order chi connectivity index (χ0) is 11.1. The van der Waals surface area contributed by atoms with E-state index in [4.69, 9.17) is 0 Å². The zero-order valence-electron chi connectivity index (χ0n) is 10.7. The number of rotatable bonds is 0. The lowest BCUT2D eigenvalue weighted by molar-refractivity contribution is 0.260. The van der Waals surface area contributed by atoms with Crippen molar-refractivity contribution in [2.75, 3.05) is 0 Å². The molecule has 0 N–H and O–H groups in total. The van der Waals surface area contributed by atoms with Crippen molar-refractivity contribution in [1.29, 1.82) is 0 Å². The highest BCUT2D eigenvalue weighted by Crippen LogP contribution is 2.47. The topological polar surface area (TPSA) is 0 Å². The van der Waals surface area contributed by atoms with E-state index in [9.17, 15) is 0 Å². The van der Waals surface area contributed by atoms with E-state index in [2.05, 4.69) is 33.8 Å². The Morgan fingerprint density at radius 3 is 2.60 bits per heavy atom. The third-order valence-corrected chi connectivity index (χ3v) is 4.38. The van der Waals surface area contributed by atoms with Gasteiger partial charge in [0.1, 0.15) is 0 Å². The molecule has 2 aliphatic rings. The van der Waals surface area contributed by atoms with Gasteiger partial charge in [0.25, 0.3) is 0 Å². The molecular formula is C15H24. The summed E-state index contributed by atoms with van der Waals surface area (Å²) >= 11 is 0. The summed E-state index contributed by atoms with van der Waals surface area (Å²) in [7, 11) is 0. The Labute approximate surface area is 94.5 Å². The van der Waals surface area contributed by atoms with Gasteiger partial charge in [0.05, 0.1) is 0 Å². The van der Waals surface area contributed by atoms with Crippen LogP contribution in [0.4, 0.5) is 0 Å². The lowest BCUT2D eigenvalue weighted by Crippen LogP contribution is -2.25. The molecule has 2 aliphatic carbocycles. The quantitative estimate of drug-likeness (QED) is 0.494. The molecule has 0 aromatic rings. The summed E-state index contributed by atoms with van der Waals surface area (Å²) in [5.74, 6) is 0.730. The molecule has 0 nitrogen and oxygen atoms in total. The highest BCUT2D eigenvalue weighted by molar-refractivity contribution is 5.30. The molecule has 0 saturated heterocycles. The molecule has 0 spiro atoms. The van der Waals surface area contributed by atoms with E-state index in [1.54, 1.807) is 16.7 Å². The Bertz CT molecular complexity index is 315. The average Bonchev–Trinajstić information content (AvgIpc) is 2.26. The van der Waals surface area contributed by atoms with Crippen LogP contribution in [-0.2, 0) is 0 Å². The first kappa shape index (κ1) is 11.0. The van der Waals surface area contributed by atoms with Crippen LogP contribution in [-0.4, -0.2) is 0 Å². The van der Waals surface area contributed by atoms with Crippen LogP contribution in [0.3, 0.4) is 0 Å². The van der Waals surface area contributed by atoms with Gasteiger partial charge in [0, 0.05) is 5.92 Å². The summed E-state index contributed by atoms with van der Waals surface area (Å²) in [4.78, 5) is 0. The summed E-state index contributed by atoms with van der Waals surface area (Å²) in [6, 6.07) is 0. The van der Waals surface area contributed by atoms with E-state index in [0.717, 1.165) is 5.92 Å². The smallest absolute Gasteiger partial charge is 0.00332 e. The fourth-order valence-electron chi connectivity index (χ4n) is 3.26. The lowest BCUT2D eigenvalue weighted by atomic mass is 9.69. The molecule has 0 aliphatic heterocycles. The predicted octanol–water partition coefficient (Wildman–Crippen LogP) is 4.87. The molecule has 0 aromatic carbocycles. The van der Waals surface area contributed by atoms with Crippen LogP contribution in [0.15, 0.2) is 22.8 Å². The van der Waals surface area contributed by atoms with Crippen LogP contribution in [0.5, 0.6) is 0 Å². The number of hydrogen-bond acceptors (Lipinski definition) is 0. The second-order valence-electron chi connectivity index (χ2n) is 6.14. The van der Waals surface area contributed by atoms with Gasteiger partial charge in [-0.2, -0.15) is 0 Å². The van der Waals surface area contributed by atoms with E-state index in [1.807, 2.05) is 0 Å². The van der Waals surface area contributed by atoms with Crippen LogP contribution in [0.1, 0.15) is 59.8 Å². The van der Waals surface area contributed by atoms with Crippen molar-refractivity contribution in [2.45, 2.75) is 59.8 Å². The van der Waals surface area contributed by atoms with Crippen LogP contribution in [0.25, 0.3) is 0 Å². The van der Waals surface area contributed by atoms with Gasteiger partial charge in [-0.15, -0.1) is 0 Å². The van der Waals surface area contributed by atoms with Gasteiger partial charge >= 0.3 is 0 Å². The third-order valence-electron chi connectivity index (χ3n) is 4.38. The van der Waals surface area contributed by atoms with Gasteiger partial charge in [-0.1, -0.05) is 36.6 Å². The molecule has 0 aromatic heterocycles. The van der Waals surface area contributed by atoms with Crippen LogP contribution in [0.2, 0.25) is 0 Å². The molecule has 0 heterocycles. The molecule has 0 amide bonds. The zero-order valence-corrected chi connectivity index (χ0v) is 10.7. The van der Waals surface area contributed by atoms with Gasteiger partial charge in [-0.25, -0.2) is 0 Å². The van der Waals surface area contributed by atoms with Crippen LogP contribution < -0.4 is 0 Å². The summed E-state index contributed by atoms with van der Waals surface area (Å²) in [6.07, 6.45) is 9.26. The fraction of sp³-hybridized carbons (Fsp3) is 0.733. The first-order valence-corrected chi connectivity index (χ1v) is 6.36. The molecule has 2 rings (SSSR count). The van der Waals surface area contributed by atoms with Gasteiger partial charge in [-0.3, -0.25) is 0 Å². The van der Waals surface area contributed by atoms with E-state index in [0.29, 0.717) is 5.41 Å². The molecule has 84 valence electrons. The highest BCUT2D eigenvalue weighted by Gasteiger charge is 2.34. The molecule has 0 heteroatoms. The summed E-state index contributed by atoms with van der Waals surface area (Å²) < 4.78 is 0. The molecule has 0 radical (unpaired) electrons.